The van der Waals surface area contributed by atoms with Crippen LogP contribution in [0.5, 0.6) is 5.75 Å². The molecular formula is C23H19F3N2O3S2. The Labute approximate surface area is 195 Å². The van der Waals surface area contributed by atoms with Gasteiger partial charge in [0.15, 0.2) is 0 Å². The number of ether oxygens (including phenoxy) is 1. The van der Waals surface area contributed by atoms with Gasteiger partial charge < -0.3 is 10.1 Å². The van der Waals surface area contributed by atoms with Crippen molar-refractivity contribution in [3.8, 4) is 5.75 Å². The lowest BCUT2D eigenvalue weighted by molar-refractivity contribution is -0.137. The number of thiazole rings is 1. The molecule has 0 aliphatic carbocycles. The van der Waals surface area contributed by atoms with Gasteiger partial charge in [-0.15, -0.1) is 11.8 Å². The molecule has 0 bridgehead atoms. The lowest BCUT2D eigenvalue weighted by atomic mass is 9.72. The molecule has 0 fully saturated rings. The second-order valence-electron chi connectivity index (χ2n) is 8.45. The van der Waals surface area contributed by atoms with Crippen LogP contribution in [-0.4, -0.2) is 22.8 Å². The number of anilines is 1. The molecule has 5 nitrogen and oxygen atoms in total. The van der Waals surface area contributed by atoms with Crippen LogP contribution in [0.15, 0.2) is 58.4 Å². The van der Waals surface area contributed by atoms with E-state index in [2.05, 4.69) is 12.2 Å². The third-order valence-electron chi connectivity index (χ3n) is 5.93. The van der Waals surface area contributed by atoms with Crippen LogP contribution in [0.4, 0.5) is 18.9 Å². The van der Waals surface area contributed by atoms with Crippen LogP contribution in [0.3, 0.4) is 0 Å². The van der Waals surface area contributed by atoms with Crippen LogP contribution >= 0.6 is 23.1 Å². The van der Waals surface area contributed by atoms with E-state index in [1.165, 1.54) is 28.5 Å². The minimum atomic E-state index is -4.51. The molecule has 5 rings (SSSR count). The van der Waals surface area contributed by atoms with Crippen molar-refractivity contribution in [1.82, 2.24) is 4.57 Å². The number of carbonyl (C=O) groups is 1. The Morgan fingerprint density at radius 2 is 2.03 bits per heavy atom. The molecular weight excluding hydrogens is 473 g/mol. The molecule has 0 unspecified atom stereocenters. The number of aromatic nitrogens is 1. The quantitative estimate of drug-likeness (QED) is 0.546. The molecule has 1 N–H and O–H groups in total. The molecule has 172 valence electrons. The standard InChI is InChI=1S/C23H19F3N2O3S2/c1-22-11-31-16-8-3-2-7-15(16)18(22)19-20(32-12-22)28(21(30)33-19)10-17(29)27-14-6-4-5-13(9-14)23(24,25)26/h2-9,18H,10-12H2,1H3,(H,27,29)/t18-,22-/m1/s1. The molecule has 2 aliphatic heterocycles. The van der Waals surface area contributed by atoms with E-state index >= 15 is 0 Å². The van der Waals surface area contributed by atoms with Crippen molar-refractivity contribution in [1.29, 1.82) is 0 Å². The highest BCUT2D eigenvalue weighted by Crippen LogP contribution is 2.56. The average Bonchev–Trinajstić information content (AvgIpc) is 3.07. The summed E-state index contributed by atoms with van der Waals surface area (Å²) in [4.78, 5) is 26.2. The van der Waals surface area contributed by atoms with Crippen LogP contribution in [-0.2, 0) is 17.5 Å². The van der Waals surface area contributed by atoms with Crippen molar-refractivity contribution in [2.24, 2.45) is 5.41 Å². The van der Waals surface area contributed by atoms with Gasteiger partial charge in [0.25, 0.3) is 0 Å². The zero-order valence-corrected chi connectivity index (χ0v) is 19.1. The minimum absolute atomic E-state index is 0.0239. The highest BCUT2D eigenvalue weighted by molar-refractivity contribution is 7.99. The van der Waals surface area contributed by atoms with Gasteiger partial charge in [0, 0.05) is 33.2 Å². The number of thioether (sulfide) groups is 1. The topological polar surface area (TPSA) is 60.3 Å². The maximum atomic E-state index is 13.0. The van der Waals surface area contributed by atoms with E-state index in [4.69, 9.17) is 4.74 Å². The number of benzene rings is 2. The predicted molar refractivity (Wildman–Crippen MR) is 121 cm³/mol. The number of carbonyl (C=O) groups excluding carboxylic acids is 1. The second-order valence-corrected chi connectivity index (χ2v) is 10.4. The molecule has 2 aliphatic rings. The van der Waals surface area contributed by atoms with Crippen molar-refractivity contribution in [3.05, 3.63) is 74.2 Å². The Morgan fingerprint density at radius 1 is 1.24 bits per heavy atom. The number of halogens is 3. The molecule has 0 radical (unpaired) electrons. The van der Waals surface area contributed by atoms with Gasteiger partial charge in [-0.3, -0.25) is 14.2 Å². The Balaban J connectivity index is 1.44. The minimum Gasteiger partial charge on any atom is -0.493 e. The summed E-state index contributed by atoms with van der Waals surface area (Å²) in [6.07, 6.45) is -4.51. The summed E-state index contributed by atoms with van der Waals surface area (Å²) in [6.45, 7) is 2.40. The summed E-state index contributed by atoms with van der Waals surface area (Å²) in [6, 6.07) is 12.2. The van der Waals surface area contributed by atoms with Crippen molar-refractivity contribution < 1.29 is 22.7 Å². The largest absolute Gasteiger partial charge is 0.493 e. The summed E-state index contributed by atoms with van der Waals surface area (Å²) in [7, 11) is 0. The number of rotatable bonds is 3. The fourth-order valence-electron chi connectivity index (χ4n) is 4.36. The number of nitrogens with zero attached hydrogens (tertiary/aromatic N) is 1. The number of para-hydroxylation sites is 1. The van der Waals surface area contributed by atoms with E-state index in [9.17, 15) is 22.8 Å². The lowest BCUT2D eigenvalue weighted by Crippen LogP contribution is -2.41. The maximum absolute atomic E-state index is 13.0. The molecule has 1 aromatic heterocycles. The van der Waals surface area contributed by atoms with E-state index in [-0.39, 0.29) is 28.4 Å². The van der Waals surface area contributed by atoms with Crippen molar-refractivity contribution in [2.45, 2.75) is 30.6 Å². The SMILES string of the molecule is C[C@]12COc3ccccc3[C@@H]1c1sc(=O)n(CC(=O)Nc3cccc(C(F)(F)F)c3)c1SC2. The average molecular weight is 493 g/mol. The van der Waals surface area contributed by atoms with Gasteiger partial charge in [-0.1, -0.05) is 42.5 Å². The number of amides is 1. The van der Waals surface area contributed by atoms with E-state index in [1.807, 2.05) is 24.3 Å². The number of nitrogens with one attached hydrogen (secondary N) is 1. The van der Waals surface area contributed by atoms with Crippen molar-refractivity contribution >= 4 is 34.7 Å². The van der Waals surface area contributed by atoms with Crippen LogP contribution in [0.2, 0.25) is 0 Å². The summed E-state index contributed by atoms with van der Waals surface area (Å²) in [5, 5.41) is 3.22. The van der Waals surface area contributed by atoms with Crippen LogP contribution < -0.4 is 14.9 Å². The van der Waals surface area contributed by atoms with E-state index in [1.54, 1.807) is 0 Å². The predicted octanol–water partition coefficient (Wildman–Crippen LogP) is 5.20. The Hall–Kier alpha value is -2.72. The van der Waals surface area contributed by atoms with Crippen molar-refractivity contribution in [3.63, 3.8) is 0 Å². The zero-order chi connectivity index (χ0) is 23.4. The lowest BCUT2D eigenvalue weighted by Gasteiger charge is -2.44. The first-order valence-corrected chi connectivity index (χ1v) is 12.0. The molecule has 10 heteroatoms. The number of alkyl halides is 3. The molecule has 1 amide bonds. The van der Waals surface area contributed by atoms with Crippen LogP contribution in [0.25, 0.3) is 0 Å². The Morgan fingerprint density at radius 3 is 2.82 bits per heavy atom. The summed E-state index contributed by atoms with van der Waals surface area (Å²) in [5.41, 5.74) is 0.0140. The van der Waals surface area contributed by atoms with Crippen LogP contribution in [0.1, 0.15) is 28.8 Å². The van der Waals surface area contributed by atoms with E-state index in [0.29, 0.717) is 12.4 Å². The summed E-state index contributed by atoms with van der Waals surface area (Å²) < 4.78 is 46.3. The monoisotopic (exact) mass is 492 g/mol. The van der Waals surface area contributed by atoms with Gasteiger partial charge in [0.1, 0.15) is 12.3 Å². The fourth-order valence-corrected chi connectivity index (χ4v) is 7.18. The van der Waals surface area contributed by atoms with E-state index < -0.39 is 17.6 Å². The molecule has 0 saturated heterocycles. The molecule has 0 saturated carbocycles. The summed E-state index contributed by atoms with van der Waals surface area (Å²) in [5.74, 6) is 0.930. The van der Waals surface area contributed by atoms with E-state index in [0.717, 1.165) is 44.7 Å². The molecule has 3 heterocycles. The summed E-state index contributed by atoms with van der Waals surface area (Å²) >= 11 is 2.64. The third-order valence-corrected chi connectivity index (χ3v) is 8.62. The highest BCUT2D eigenvalue weighted by atomic mass is 32.2. The van der Waals surface area contributed by atoms with Gasteiger partial charge in [0.2, 0.25) is 5.91 Å². The van der Waals surface area contributed by atoms with Crippen molar-refractivity contribution in [2.75, 3.05) is 17.7 Å². The molecule has 2 aromatic carbocycles. The first kappa shape index (κ1) is 22.1. The Bertz CT molecular complexity index is 1300. The first-order chi connectivity index (χ1) is 15.7. The third kappa shape index (κ3) is 3.95. The molecule has 2 atom stereocenters. The van der Waals surface area contributed by atoms with Crippen LogP contribution in [0, 0.1) is 5.41 Å². The number of hydrogen-bond acceptors (Lipinski definition) is 5. The number of fused-ring (bicyclic) bond motifs is 5. The first-order valence-electron chi connectivity index (χ1n) is 10.2. The second kappa shape index (κ2) is 7.95. The maximum Gasteiger partial charge on any atom is 0.416 e. The van der Waals surface area contributed by atoms with Gasteiger partial charge in [-0.25, -0.2) is 0 Å². The fraction of sp³-hybridized carbons (Fsp3) is 0.304. The normalized spacial score (nSPS) is 21.4. The number of hydrogen-bond donors (Lipinski definition) is 1. The molecule has 33 heavy (non-hydrogen) atoms. The van der Waals surface area contributed by atoms with Gasteiger partial charge in [-0.2, -0.15) is 13.2 Å². The van der Waals surface area contributed by atoms with Gasteiger partial charge in [0.05, 0.1) is 17.2 Å². The van der Waals surface area contributed by atoms with Gasteiger partial charge in [-0.05, 0) is 24.3 Å². The smallest absolute Gasteiger partial charge is 0.416 e. The molecule has 0 spiro atoms. The Kier molecular flexibility index (Phi) is 5.32. The molecule has 3 aromatic rings. The highest BCUT2D eigenvalue weighted by Gasteiger charge is 2.47. The van der Waals surface area contributed by atoms with Gasteiger partial charge >= 0.3 is 11.0 Å². The zero-order valence-electron chi connectivity index (χ0n) is 17.4.